The van der Waals surface area contributed by atoms with E-state index in [1.54, 1.807) is 0 Å². The Morgan fingerprint density at radius 3 is 1.95 bits per heavy atom. The van der Waals surface area contributed by atoms with Crippen molar-refractivity contribution in [1.29, 1.82) is 0 Å². The molecule has 0 spiro atoms. The predicted octanol–water partition coefficient (Wildman–Crippen LogP) is 2.67. The number of hydrogen-bond donors (Lipinski definition) is 2. The predicted molar refractivity (Wildman–Crippen MR) is 74.7 cm³/mol. The van der Waals surface area contributed by atoms with Gasteiger partial charge in [-0.1, -0.05) is 27.7 Å². The van der Waals surface area contributed by atoms with E-state index < -0.39 is 12.0 Å². The van der Waals surface area contributed by atoms with E-state index in [1.807, 2.05) is 13.8 Å². The number of carboxylic acid groups (broad SMARTS) is 1. The van der Waals surface area contributed by atoms with Gasteiger partial charge in [0.15, 0.2) is 0 Å². The van der Waals surface area contributed by atoms with Gasteiger partial charge in [0, 0.05) is 5.92 Å². The van der Waals surface area contributed by atoms with Crippen molar-refractivity contribution < 1.29 is 14.7 Å². The van der Waals surface area contributed by atoms with Crippen molar-refractivity contribution in [3.05, 3.63) is 0 Å². The zero-order valence-electron chi connectivity index (χ0n) is 12.5. The number of amides is 1. The summed E-state index contributed by atoms with van der Waals surface area (Å²) in [5.74, 6) is 0.266. The molecule has 4 nitrogen and oxygen atoms in total. The van der Waals surface area contributed by atoms with Crippen molar-refractivity contribution in [2.45, 2.75) is 59.4 Å². The van der Waals surface area contributed by atoms with Gasteiger partial charge in [0.2, 0.25) is 5.91 Å². The highest BCUT2D eigenvalue weighted by atomic mass is 16.4. The van der Waals surface area contributed by atoms with Crippen LogP contribution >= 0.6 is 0 Å². The normalized spacial score (nSPS) is 25.4. The number of carbonyl (C=O) groups is 2. The summed E-state index contributed by atoms with van der Waals surface area (Å²) in [7, 11) is 0. The lowest BCUT2D eigenvalue weighted by Crippen LogP contribution is -2.47. The highest BCUT2D eigenvalue weighted by molar-refractivity contribution is 5.85. The molecule has 1 saturated carbocycles. The monoisotopic (exact) mass is 269 g/mol. The van der Waals surface area contributed by atoms with Crippen LogP contribution in [0.25, 0.3) is 0 Å². The van der Waals surface area contributed by atoms with E-state index in [0.29, 0.717) is 11.8 Å². The number of carbonyl (C=O) groups excluding carboxylic acids is 1. The van der Waals surface area contributed by atoms with Gasteiger partial charge in [-0.3, -0.25) is 4.79 Å². The van der Waals surface area contributed by atoms with Crippen molar-refractivity contribution in [1.82, 2.24) is 5.32 Å². The quantitative estimate of drug-likeness (QED) is 0.806. The number of aliphatic carboxylic acids is 1. The Morgan fingerprint density at radius 1 is 1.05 bits per heavy atom. The van der Waals surface area contributed by atoms with Crippen molar-refractivity contribution in [3.8, 4) is 0 Å². The lowest BCUT2D eigenvalue weighted by atomic mass is 9.76. The molecule has 0 aromatic heterocycles. The summed E-state index contributed by atoms with van der Waals surface area (Å²) < 4.78 is 0. The van der Waals surface area contributed by atoms with Crippen LogP contribution < -0.4 is 5.32 Å². The molecule has 0 saturated heterocycles. The Balaban J connectivity index is 2.49. The van der Waals surface area contributed by atoms with Crippen molar-refractivity contribution in [2.24, 2.45) is 23.7 Å². The zero-order chi connectivity index (χ0) is 14.6. The Kier molecular flexibility index (Phi) is 5.83. The van der Waals surface area contributed by atoms with Crippen LogP contribution in [0.4, 0.5) is 0 Å². The summed E-state index contributed by atoms with van der Waals surface area (Å²) in [5.41, 5.74) is 0. The molecule has 0 heterocycles. The smallest absolute Gasteiger partial charge is 0.326 e. The maximum atomic E-state index is 12.1. The van der Waals surface area contributed by atoms with Crippen molar-refractivity contribution >= 4 is 11.9 Å². The van der Waals surface area contributed by atoms with Gasteiger partial charge in [0.1, 0.15) is 6.04 Å². The summed E-state index contributed by atoms with van der Waals surface area (Å²) in [6, 6.07) is -0.768. The van der Waals surface area contributed by atoms with Gasteiger partial charge in [-0.2, -0.15) is 0 Å². The van der Waals surface area contributed by atoms with E-state index in [0.717, 1.165) is 25.7 Å². The minimum atomic E-state index is -0.945. The van der Waals surface area contributed by atoms with E-state index in [2.05, 4.69) is 19.2 Å². The highest BCUT2D eigenvalue weighted by Gasteiger charge is 2.31. The van der Waals surface area contributed by atoms with Gasteiger partial charge < -0.3 is 10.4 Å². The van der Waals surface area contributed by atoms with E-state index in [9.17, 15) is 9.59 Å². The Hall–Kier alpha value is -1.06. The molecule has 1 rings (SSSR count). The molecule has 1 fully saturated rings. The third-order valence-electron chi connectivity index (χ3n) is 4.32. The second-order valence-corrected chi connectivity index (χ2v) is 6.42. The van der Waals surface area contributed by atoms with Crippen molar-refractivity contribution in [3.63, 3.8) is 0 Å². The molecule has 1 aliphatic carbocycles. The molecule has 0 aromatic rings. The first-order chi connectivity index (χ1) is 8.82. The first-order valence-corrected chi connectivity index (χ1v) is 7.36. The summed E-state index contributed by atoms with van der Waals surface area (Å²) in [5, 5.41) is 11.8. The van der Waals surface area contributed by atoms with Crippen LogP contribution in [-0.2, 0) is 9.59 Å². The maximum absolute atomic E-state index is 12.1. The molecule has 4 heteroatoms. The molecule has 110 valence electrons. The van der Waals surface area contributed by atoms with Gasteiger partial charge in [-0.05, 0) is 43.4 Å². The standard InChI is InChI=1S/C15H27NO3/c1-9(2)11-5-7-12(8-6-11)14(17)16-13(10(3)4)15(18)19/h9-13H,5-8H2,1-4H3,(H,16,17)(H,18,19)/t11?,12?,13-/m0/s1. The largest absolute Gasteiger partial charge is 0.480 e. The molecule has 19 heavy (non-hydrogen) atoms. The fourth-order valence-corrected chi connectivity index (χ4v) is 2.83. The Bertz CT molecular complexity index is 317. The van der Waals surface area contributed by atoms with Crippen LogP contribution in [0.1, 0.15) is 53.4 Å². The van der Waals surface area contributed by atoms with Crippen LogP contribution in [0.15, 0.2) is 0 Å². The van der Waals surface area contributed by atoms with Crippen LogP contribution in [0.5, 0.6) is 0 Å². The van der Waals surface area contributed by atoms with Crippen LogP contribution in [0, 0.1) is 23.7 Å². The number of carboxylic acids is 1. The topological polar surface area (TPSA) is 66.4 Å². The van der Waals surface area contributed by atoms with Gasteiger partial charge in [-0.15, -0.1) is 0 Å². The fourth-order valence-electron chi connectivity index (χ4n) is 2.83. The molecule has 0 aromatic carbocycles. The molecule has 2 N–H and O–H groups in total. The summed E-state index contributed by atoms with van der Waals surface area (Å²) in [6.45, 7) is 8.08. The van der Waals surface area contributed by atoms with Gasteiger partial charge in [0.25, 0.3) is 0 Å². The third-order valence-corrected chi connectivity index (χ3v) is 4.32. The summed E-state index contributed by atoms with van der Waals surface area (Å²) in [6.07, 6.45) is 3.93. The molecule has 1 aliphatic rings. The minimum Gasteiger partial charge on any atom is -0.480 e. The van der Waals surface area contributed by atoms with E-state index in [4.69, 9.17) is 5.11 Å². The van der Waals surface area contributed by atoms with Crippen LogP contribution in [0.2, 0.25) is 0 Å². The first-order valence-electron chi connectivity index (χ1n) is 7.36. The second-order valence-electron chi connectivity index (χ2n) is 6.42. The van der Waals surface area contributed by atoms with Gasteiger partial charge in [0.05, 0.1) is 0 Å². The summed E-state index contributed by atoms with van der Waals surface area (Å²) in [4.78, 5) is 23.2. The lowest BCUT2D eigenvalue weighted by molar-refractivity contribution is -0.144. The molecular formula is C15H27NO3. The SMILES string of the molecule is CC(C)C1CCC(C(=O)N[C@H](C(=O)O)C(C)C)CC1. The number of hydrogen-bond acceptors (Lipinski definition) is 2. The molecule has 0 bridgehead atoms. The van der Waals surface area contributed by atoms with Crippen molar-refractivity contribution in [2.75, 3.05) is 0 Å². The molecule has 0 unspecified atom stereocenters. The first kappa shape index (κ1) is 16.0. The molecule has 1 amide bonds. The van der Waals surface area contributed by atoms with Crippen LogP contribution in [-0.4, -0.2) is 23.0 Å². The Morgan fingerprint density at radius 2 is 1.58 bits per heavy atom. The van der Waals surface area contributed by atoms with Gasteiger partial charge >= 0.3 is 5.97 Å². The minimum absolute atomic E-state index is 0.00407. The maximum Gasteiger partial charge on any atom is 0.326 e. The number of rotatable bonds is 5. The molecule has 0 aliphatic heterocycles. The summed E-state index contributed by atoms with van der Waals surface area (Å²) >= 11 is 0. The average molecular weight is 269 g/mol. The van der Waals surface area contributed by atoms with E-state index >= 15 is 0 Å². The molecular weight excluding hydrogens is 242 g/mol. The average Bonchev–Trinajstić information content (AvgIpc) is 2.34. The molecule has 1 atom stereocenters. The highest BCUT2D eigenvalue weighted by Crippen LogP contribution is 2.33. The lowest BCUT2D eigenvalue weighted by Gasteiger charge is -2.31. The second kappa shape index (κ2) is 6.92. The van der Waals surface area contributed by atoms with Crippen LogP contribution in [0.3, 0.4) is 0 Å². The van der Waals surface area contributed by atoms with E-state index in [1.165, 1.54) is 0 Å². The molecule has 0 radical (unpaired) electrons. The van der Waals surface area contributed by atoms with E-state index in [-0.39, 0.29) is 17.7 Å². The van der Waals surface area contributed by atoms with Gasteiger partial charge in [-0.25, -0.2) is 4.79 Å². The third kappa shape index (κ3) is 4.51. The number of nitrogens with one attached hydrogen (secondary N) is 1. The Labute approximate surface area is 116 Å². The fraction of sp³-hybridized carbons (Fsp3) is 0.867. The zero-order valence-corrected chi connectivity index (χ0v) is 12.5.